The number of benzene rings is 1. The van der Waals surface area contributed by atoms with Crippen LogP contribution < -0.4 is 5.32 Å². The van der Waals surface area contributed by atoms with Gasteiger partial charge in [-0.3, -0.25) is 0 Å². The molecule has 1 N–H and O–H groups in total. The van der Waals surface area contributed by atoms with Gasteiger partial charge in [0.2, 0.25) is 0 Å². The molecule has 0 aliphatic heterocycles. The maximum Gasteiger partial charge on any atom is 0.126 e. The molecule has 1 atom stereocenters. The SMILES string of the molecule is CC(NCc1ccncn1)c1cc(F)cc(F)c1. The Morgan fingerprint density at radius 1 is 1.22 bits per heavy atom. The molecule has 3 nitrogen and oxygen atoms in total. The zero-order chi connectivity index (χ0) is 13.0. The second-order valence-corrected chi connectivity index (χ2v) is 4.01. The fourth-order valence-corrected chi connectivity index (χ4v) is 1.62. The highest BCUT2D eigenvalue weighted by atomic mass is 19.1. The number of hydrogen-bond donors (Lipinski definition) is 1. The molecule has 1 aromatic carbocycles. The molecule has 0 spiro atoms. The Labute approximate surface area is 104 Å². The van der Waals surface area contributed by atoms with E-state index in [-0.39, 0.29) is 6.04 Å². The van der Waals surface area contributed by atoms with E-state index in [4.69, 9.17) is 0 Å². The van der Waals surface area contributed by atoms with Gasteiger partial charge in [0, 0.05) is 24.8 Å². The lowest BCUT2D eigenvalue weighted by Crippen LogP contribution is -2.19. The van der Waals surface area contributed by atoms with Gasteiger partial charge in [0.15, 0.2) is 0 Å². The highest BCUT2D eigenvalue weighted by Crippen LogP contribution is 2.16. The van der Waals surface area contributed by atoms with Crippen LogP contribution >= 0.6 is 0 Å². The maximum absolute atomic E-state index is 13.1. The largest absolute Gasteiger partial charge is 0.305 e. The van der Waals surface area contributed by atoms with Crippen molar-refractivity contribution in [3.8, 4) is 0 Å². The average molecular weight is 249 g/mol. The highest BCUT2D eigenvalue weighted by molar-refractivity contribution is 5.21. The molecule has 0 aliphatic rings. The van der Waals surface area contributed by atoms with Gasteiger partial charge in [0.25, 0.3) is 0 Å². The number of aromatic nitrogens is 2. The van der Waals surface area contributed by atoms with E-state index in [0.29, 0.717) is 12.1 Å². The first-order valence-corrected chi connectivity index (χ1v) is 5.59. The Balaban J connectivity index is 2.01. The van der Waals surface area contributed by atoms with Crippen LogP contribution in [-0.2, 0) is 6.54 Å². The van der Waals surface area contributed by atoms with Crippen molar-refractivity contribution in [3.05, 3.63) is 59.7 Å². The summed E-state index contributed by atoms with van der Waals surface area (Å²) < 4.78 is 26.1. The Kier molecular flexibility index (Phi) is 3.94. The normalized spacial score (nSPS) is 12.4. The predicted octanol–water partition coefficient (Wildman–Crippen LogP) is 2.61. The topological polar surface area (TPSA) is 37.8 Å². The molecular formula is C13H13F2N3. The molecule has 0 saturated heterocycles. The van der Waals surface area contributed by atoms with Gasteiger partial charge in [0.05, 0.1) is 5.69 Å². The van der Waals surface area contributed by atoms with E-state index in [1.54, 1.807) is 12.3 Å². The lowest BCUT2D eigenvalue weighted by atomic mass is 10.1. The van der Waals surface area contributed by atoms with Crippen LogP contribution in [0.25, 0.3) is 0 Å². The fraction of sp³-hybridized carbons (Fsp3) is 0.231. The van der Waals surface area contributed by atoms with Gasteiger partial charge in [-0.15, -0.1) is 0 Å². The van der Waals surface area contributed by atoms with Crippen LogP contribution in [0.15, 0.2) is 36.8 Å². The summed E-state index contributed by atoms with van der Waals surface area (Å²) in [6.45, 7) is 2.36. The van der Waals surface area contributed by atoms with Crippen LogP contribution in [-0.4, -0.2) is 9.97 Å². The van der Waals surface area contributed by atoms with Crippen LogP contribution in [0.4, 0.5) is 8.78 Å². The fourth-order valence-electron chi connectivity index (χ4n) is 1.62. The van der Waals surface area contributed by atoms with E-state index in [1.807, 2.05) is 6.92 Å². The van der Waals surface area contributed by atoms with E-state index in [0.717, 1.165) is 11.8 Å². The van der Waals surface area contributed by atoms with Crippen LogP contribution in [0.5, 0.6) is 0 Å². The summed E-state index contributed by atoms with van der Waals surface area (Å²) in [6, 6.07) is 5.12. The summed E-state index contributed by atoms with van der Waals surface area (Å²) in [4.78, 5) is 7.87. The van der Waals surface area contributed by atoms with E-state index in [9.17, 15) is 8.78 Å². The van der Waals surface area contributed by atoms with Crippen LogP contribution in [0.1, 0.15) is 24.2 Å². The minimum atomic E-state index is -0.569. The zero-order valence-corrected chi connectivity index (χ0v) is 9.90. The van der Waals surface area contributed by atoms with E-state index in [1.165, 1.54) is 18.5 Å². The van der Waals surface area contributed by atoms with Crippen molar-refractivity contribution in [3.63, 3.8) is 0 Å². The third-order valence-electron chi connectivity index (χ3n) is 2.62. The van der Waals surface area contributed by atoms with E-state index < -0.39 is 11.6 Å². The lowest BCUT2D eigenvalue weighted by Gasteiger charge is -2.14. The Morgan fingerprint density at radius 3 is 2.56 bits per heavy atom. The summed E-state index contributed by atoms with van der Waals surface area (Å²) in [7, 11) is 0. The van der Waals surface area contributed by atoms with Gasteiger partial charge in [-0.1, -0.05) is 0 Å². The quantitative estimate of drug-likeness (QED) is 0.905. The van der Waals surface area contributed by atoms with Crippen LogP contribution in [0.3, 0.4) is 0 Å². The summed E-state index contributed by atoms with van der Waals surface area (Å²) in [5, 5.41) is 3.15. The molecule has 5 heteroatoms. The number of nitrogens with one attached hydrogen (secondary N) is 1. The average Bonchev–Trinajstić information content (AvgIpc) is 2.36. The summed E-state index contributed by atoms with van der Waals surface area (Å²) in [5.41, 5.74) is 1.40. The van der Waals surface area contributed by atoms with Crippen molar-refractivity contribution in [2.75, 3.05) is 0 Å². The molecule has 0 saturated carbocycles. The first kappa shape index (κ1) is 12.6. The minimum Gasteiger partial charge on any atom is -0.305 e. The Morgan fingerprint density at radius 2 is 1.94 bits per heavy atom. The number of nitrogens with zero attached hydrogens (tertiary/aromatic N) is 2. The molecular weight excluding hydrogens is 236 g/mol. The van der Waals surface area contributed by atoms with Crippen LogP contribution in [0.2, 0.25) is 0 Å². The first-order chi connectivity index (χ1) is 8.65. The maximum atomic E-state index is 13.1. The predicted molar refractivity (Wildman–Crippen MR) is 63.6 cm³/mol. The van der Waals surface area contributed by atoms with E-state index in [2.05, 4.69) is 15.3 Å². The smallest absolute Gasteiger partial charge is 0.126 e. The molecule has 94 valence electrons. The molecule has 18 heavy (non-hydrogen) atoms. The molecule has 0 bridgehead atoms. The van der Waals surface area contributed by atoms with Crippen molar-refractivity contribution >= 4 is 0 Å². The minimum absolute atomic E-state index is 0.162. The zero-order valence-electron chi connectivity index (χ0n) is 9.90. The van der Waals surface area contributed by atoms with Gasteiger partial charge in [0.1, 0.15) is 18.0 Å². The Hall–Kier alpha value is -1.88. The van der Waals surface area contributed by atoms with Gasteiger partial charge in [-0.25, -0.2) is 18.7 Å². The number of rotatable bonds is 4. The number of hydrogen-bond acceptors (Lipinski definition) is 3. The molecule has 0 radical (unpaired) electrons. The lowest BCUT2D eigenvalue weighted by molar-refractivity contribution is 0.542. The third-order valence-corrected chi connectivity index (χ3v) is 2.62. The molecule has 2 aromatic rings. The summed E-state index contributed by atoms with van der Waals surface area (Å²) >= 11 is 0. The summed E-state index contributed by atoms with van der Waals surface area (Å²) in [5.74, 6) is -1.14. The van der Waals surface area contributed by atoms with Crippen molar-refractivity contribution < 1.29 is 8.78 Å². The van der Waals surface area contributed by atoms with Crippen molar-refractivity contribution in [1.29, 1.82) is 0 Å². The molecule has 1 unspecified atom stereocenters. The van der Waals surface area contributed by atoms with Gasteiger partial charge >= 0.3 is 0 Å². The first-order valence-electron chi connectivity index (χ1n) is 5.59. The van der Waals surface area contributed by atoms with Crippen molar-refractivity contribution in [1.82, 2.24) is 15.3 Å². The van der Waals surface area contributed by atoms with Crippen molar-refractivity contribution in [2.24, 2.45) is 0 Å². The van der Waals surface area contributed by atoms with E-state index >= 15 is 0 Å². The summed E-state index contributed by atoms with van der Waals surface area (Å²) in [6.07, 6.45) is 3.11. The molecule has 0 aliphatic carbocycles. The van der Waals surface area contributed by atoms with Crippen LogP contribution in [0, 0.1) is 11.6 Å². The standard InChI is InChI=1S/C13H13F2N3/c1-9(10-4-11(14)6-12(15)5-10)17-7-13-2-3-16-8-18-13/h2-6,8-9,17H,7H2,1H3. The highest BCUT2D eigenvalue weighted by Gasteiger charge is 2.08. The third kappa shape index (κ3) is 3.30. The van der Waals surface area contributed by atoms with Gasteiger partial charge in [-0.05, 0) is 30.7 Å². The molecule has 1 aromatic heterocycles. The molecule has 2 rings (SSSR count). The van der Waals surface area contributed by atoms with Crippen molar-refractivity contribution in [2.45, 2.75) is 19.5 Å². The molecule has 1 heterocycles. The van der Waals surface area contributed by atoms with Gasteiger partial charge < -0.3 is 5.32 Å². The molecule has 0 amide bonds. The second kappa shape index (κ2) is 5.64. The second-order valence-electron chi connectivity index (χ2n) is 4.01. The van der Waals surface area contributed by atoms with Gasteiger partial charge in [-0.2, -0.15) is 0 Å². The molecule has 0 fully saturated rings. The monoisotopic (exact) mass is 249 g/mol. The Bertz CT molecular complexity index is 497. The number of halogens is 2.